The molecule has 0 aliphatic rings. The Kier molecular flexibility index (Phi) is 43.7. The van der Waals surface area contributed by atoms with Gasteiger partial charge in [0.15, 0.2) is 0 Å². The first-order valence-corrected chi connectivity index (χ1v) is 23.5. The first-order valence-electron chi connectivity index (χ1n) is 23.5. The molecule has 0 spiro atoms. The Hall–Kier alpha value is -0.790. The molecule has 0 fully saturated rings. The quantitative estimate of drug-likeness (QED) is 0.0359. The highest BCUT2D eigenvalue weighted by Crippen LogP contribution is 2.21. The van der Waals surface area contributed by atoms with Crippen molar-refractivity contribution in [1.82, 2.24) is 0 Å². The molecule has 0 N–H and O–H groups in total. The predicted octanol–water partition coefficient (Wildman–Crippen LogP) is 17.4. The van der Waals surface area contributed by atoms with Crippen molar-refractivity contribution in [2.75, 3.05) is 6.61 Å². The van der Waals surface area contributed by atoms with Crippen LogP contribution in [0, 0.1) is 5.92 Å². The third-order valence-corrected chi connectivity index (χ3v) is 11.1. The molecule has 298 valence electrons. The van der Waals surface area contributed by atoms with E-state index in [4.69, 9.17) is 4.74 Å². The second-order valence-corrected chi connectivity index (χ2v) is 16.2. The van der Waals surface area contributed by atoms with Gasteiger partial charge in [-0.25, -0.2) is 0 Å². The molecule has 0 atom stereocenters. The number of unbranched alkanes of at least 4 members (excludes halogenated alkanes) is 33. The zero-order valence-electron chi connectivity index (χ0n) is 35.0. The van der Waals surface area contributed by atoms with Gasteiger partial charge in [-0.3, -0.25) is 4.79 Å². The third-order valence-electron chi connectivity index (χ3n) is 11.1. The number of ether oxygens (including phenoxy) is 1. The number of hydrogen-bond donors (Lipinski definition) is 0. The average molecular weight is 703 g/mol. The average Bonchev–Trinajstić information content (AvgIpc) is 3.12. The monoisotopic (exact) mass is 703 g/mol. The molecule has 0 aliphatic carbocycles. The third kappa shape index (κ3) is 41.6. The summed E-state index contributed by atoms with van der Waals surface area (Å²) in [6.45, 7) is 7.56. The molecule has 50 heavy (non-hydrogen) atoms. The predicted molar refractivity (Wildman–Crippen MR) is 225 cm³/mol. The van der Waals surface area contributed by atoms with Gasteiger partial charge in [-0.1, -0.05) is 238 Å². The highest BCUT2D eigenvalue weighted by Gasteiger charge is 2.12. The smallest absolute Gasteiger partial charge is 0.305 e. The summed E-state index contributed by atoms with van der Waals surface area (Å²) in [4.78, 5) is 12.6. The minimum Gasteiger partial charge on any atom is -0.465 e. The minimum atomic E-state index is 0.0576. The lowest BCUT2D eigenvalue weighted by molar-refractivity contribution is -0.145. The van der Waals surface area contributed by atoms with Gasteiger partial charge in [-0.2, -0.15) is 0 Å². The lowest BCUT2D eigenvalue weighted by Gasteiger charge is -2.17. The zero-order valence-corrected chi connectivity index (χ0v) is 35.0. The Morgan fingerprint density at radius 2 is 0.660 bits per heavy atom. The number of carbonyl (C=O) groups excluding carboxylic acids is 1. The van der Waals surface area contributed by atoms with Gasteiger partial charge in [0.1, 0.15) is 0 Å². The largest absolute Gasteiger partial charge is 0.465 e. The SMILES string of the molecule is CCCCCCCCC=CCCCCCCCCCCCC(=O)OCC(CCCCCCCCCCCC)CCCCCCCCCCCC. The highest BCUT2D eigenvalue weighted by atomic mass is 16.5. The summed E-state index contributed by atoms with van der Waals surface area (Å²) in [7, 11) is 0. The van der Waals surface area contributed by atoms with E-state index in [0.29, 0.717) is 18.9 Å². The zero-order chi connectivity index (χ0) is 36.3. The summed E-state index contributed by atoms with van der Waals surface area (Å²) in [5, 5.41) is 0. The van der Waals surface area contributed by atoms with Gasteiger partial charge in [-0.05, 0) is 50.9 Å². The summed E-state index contributed by atoms with van der Waals surface area (Å²) >= 11 is 0. The van der Waals surface area contributed by atoms with E-state index in [2.05, 4.69) is 32.9 Å². The fourth-order valence-corrected chi connectivity index (χ4v) is 7.48. The van der Waals surface area contributed by atoms with E-state index >= 15 is 0 Å². The van der Waals surface area contributed by atoms with Crippen LogP contribution >= 0.6 is 0 Å². The van der Waals surface area contributed by atoms with Crippen LogP contribution in [0.5, 0.6) is 0 Å². The fourth-order valence-electron chi connectivity index (χ4n) is 7.48. The highest BCUT2D eigenvalue weighted by molar-refractivity contribution is 5.69. The van der Waals surface area contributed by atoms with Crippen molar-refractivity contribution >= 4 is 5.97 Å². The van der Waals surface area contributed by atoms with E-state index in [-0.39, 0.29) is 5.97 Å². The van der Waals surface area contributed by atoms with Crippen LogP contribution in [0.15, 0.2) is 12.2 Å². The molecule has 0 radical (unpaired) electrons. The van der Waals surface area contributed by atoms with Gasteiger partial charge in [0.25, 0.3) is 0 Å². The van der Waals surface area contributed by atoms with Crippen LogP contribution in [0.25, 0.3) is 0 Å². The minimum absolute atomic E-state index is 0.0576. The van der Waals surface area contributed by atoms with E-state index in [1.54, 1.807) is 0 Å². The molecule has 0 unspecified atom stereocenters. The number of hydrogen-bond acceptors (Lipinski definition) is 2. The van der Waals surface area contributed by atoms with Gasteiger partial charge < -0.3 is 4.74 Å². The Morgan fingerprint density at radius 3 is 1.00 bits per heavy atom. The Labute approximate surface area is 316 Å². The molecule has 0 saturated heterocycles. The van der Waals surface area contributed by atoms with E-state index in [0.717, 1.165) is 6.42 Å². The standard InChI is InChI=1S/C48H94O2/c1-4-7-10-13-16-19-22-23-24-25-26-27-28-29-30-33-36-39-42-45-48(49)50-46-47(43-40-37-34-31-20-17-14-11-8-5-2)44-41-38-35-32-21-18-15-12-9-6-3/h23-24,47H,4-22,25-46H2,1-3H3. The molecule has 0 saturated carbocycles. The Balaban J connectivity index is 3.91. The van der Waals surface area contributed by atoms with Crippen LogP contribution in [-0.2, 0) is 9.53 Å². The van der Waals surface area contributed by atoms with Crippen molar-refractivity contribution in [3.63, 3.8) is 0 Å². The topological polar surface area (TPSA) is 26.3 Å². The molecule has 0 amide bonds. The molecule has 0 bridgehead atoms. The van der Waals surface area contributed by atoms with Gasteiger partial charge >= 0.3 is 5.97 Å². The van der Waals surface area contributed by atoms with Crippen molar-refractivity contribution < 1.29 is 9.53 Å². The fraction of sp³-hybridized carbons (Fsp3) is 0.938. The summed E-state index contributed by atoms with van der Waals surface area (Å²) < 4.78 is 5.88. The maximum atomic E-state index is 12.6. The van der Waals surface area contributed by atoms with Crippen LogP contribution in [-0.4, -0.2) is 12.6 Å². The first-order chi connectivity index (χ1) is 24.7. The van der Waals surface area contributed by atoms with Gasteiger partial charge in [0, 0.05) is 6.42 Å². The van der Waals surface area contributed by atoms with E-state index < -0.39 is 0 Å². The molecule has 0 aromatic heterocycles. The van der Waals surface area contributed by atoms with Crippen molar-refractivity contribution in [3.8, 4) is 0 Å². The lowest BCUT2D eigenvalue weighted by Crippen LogP contribution is -2.14. The number of rotatable bonds is 43. The van der Waals surface area contributed by atoms with Crippen LogP contribution < -0.4 is 0 Å². The van der Waals surface area contributed by atoms with Crippen molar-refractivity contribution in [1.29, 1.82) is 0 Å². The lowest BCUT2D eigenvalue weighted by atomic mass is 9.94. The Morgan fingerprint density at radius 1 is 0.380 bits per heavy atom. The summed E-state index contributed by atoms with van der Waals surface area (Å²) in [6, 6.07) is 0. The van der Waals surface area contributed by atoms with Crippen molar-refractivity contribution in [2.24, 2.45) is 5.92 Å². The van der Waals surface area contributed by atoms with Gasteiger partial charge in [0.2, 0.25) is 0 Å². The summed E-state index contributed by atoms with van der Waals surface area (Å²) in [6.07, 6.45) is 58.3. The van der Waals surface area contributed by atoms with Crippen molar-refractivity contribution in [2.45, 2.75) is 278 Å². The second-order valence-electron chi connectivity index (χ2n) is 16.2. The maximum Gasteiger partial charge on any atom is 0.305 e. The molecular weight excluding hydrogens is 609 g/mol. The first kappa shape index (κ1) is 49.2. The Bertz CT molecular complexity index is 631. The molecule has 0 aliphatic heterocycles. The van der Waals surface area contributed by atoms with E-state index in [1.165, 1.54) is 244 Å². The van der Waals surface area contributed by atoms with Gasteiger partial charge in [0.05, 0.1) is 6.61 Å². The molecule has 0 heterocycles. The van der Waals surface area contributed by atoms with Crippen LogP contribution in [0.1, 0.15) is 278 Å². The normalized spacial score (nSPS) is 11.8. The number of esters is 1. The maximum absolute atomic E-state index is 12.6. The molecule has 2 nitrogen and oxygen atoms in total. The van der Waals surface area contributed by atoms with Crippen LogP contribution in [0.3, 0.4) is 0 Å². The number of carbonyl (C=O) groups is 1. The van der Waals surface area contributed by atoms with E-state index in [9.17, 15) is 4.79 Å². The van der Waals surface area contributed by atoms with Crippen LogP contribution in [0.4, 0.5) is 0 Å². The number of allylic oxidation sites excluding steroid dienone is 2. The van der Waals surface area contributed by atoms with Crippen LogP contribution in [0.2, 0.25) is 0 Å². The molecule has 0 aromatic rings. The van der Waals surface area contributed by atoms with Crippen molar-refractivity contribution in [3.05, 3.63) is 12.2 Å². The van der Waals surface area contributed by atoms with Gasteiger partial charge in [-0.15, -0.1) is 0 Å². The summed E-state index contributed by atoms with van der Waals surface area (Å²) in [5.74, 6) is 0.630. The van der Waals surface area contributed by atoms with E-state index in [1.807, 2.05) is 0 Å². The molecule has 2 heteroatoms. The summed E-state index contributed by atoms with van der Waals surface area (Å²) in [5.41, 5.74) is 0. The second kappa shape index (κ2) is 44.4. The molecule has 0 rings (SSSR count). The molecular formula is C48H94O2. The molecule has 0 aromatic carbocycles.